The fraction of sp³-hybridized carbons (Fsp3) is 0.259. The Kier molecular flexibility index (Phi) is 47.1. The van der Waals surface area contributed by atoms with Gasteiger partial charge in [0.2, 0.25) is 0 Å². The van der Waals surface area contributed by atoms with E-state index < -0.39 is 0 Å². The third-order valence-electron chi connectivity index (χ3n) is 24.0. The van der Waals surface area contributed by atoms with Crippen molar-refractivity contribution in [3.63, 3.8) is 0 Å². The molecule has 0 radical (unpaired) electrons. The molecule has 0 aliphatic heterocycles. The number of rotatable bonds is 0. The number of aromatic nitrogens is 3. The molecule has 718 valence electrons. The number of nitrogens with zero attached hydrogens (tertiary/aromatic N) is 3. The monoisotopic (exact) mass is 1830 g/mol. The van der Waals surface area contributed by atoms with Gasteiger partial charge in [0.1, 0.15) is 0 Å². The van der Waals surface area contributed by atoms with E-state index in [1.165, 1.54) is 214 Å². The van der Waals surface area contributed by atoms with Crippen LogP contribution in [0.25, 0.3) is 175 Å². The van der Waals surface area contributed by atoms with Crippen molar-refractivity contribution in [3.05, 3.63) is 409 Å². The van der Waals surface area contributed by atoms with Crippen molar-refractivity contribution in [2.75, 3.05) is 0 Å². The Labute approximate surface area is 833 Å². The molecule has 0 atom stereocenters. The van der Waals surface area contributed by atoms with E-state index in [1.807, 2.05) is 194 Å². The zero-order valence-electron chi connectivity index (χ0n) is 90.6. The fourth-order valence-electron chi connectivity index (χ4n) is 19.1. The lowest BCUT2D eigenvalue weighted by Gasteiger charge is -2.30. The van der Waals surface area contributed by atoms with Gasteiger partial charge in [-0.25, -0.2) is 0 Å². The molecule has 0 amide bonds. The molecule has 3 nitrogen and oxygen atoms in total. The van der Waals surface area contributed by atoms with Gasteiger partial charge in [0.25, 0.3) is 0 Å². The van der Waals surface area contributed by atoms with Gasteiger partial charge < -0.3 is 13.7 Å². The third kappa shape index (κ3) is 22.5. The highest BCUT2D eigenvalue weighted by Gasteiger charge is 2.51. The number of hydrogen-bond acceptors (Lipinski definition) is 0. The predicted octanol–water partition coefficient (Wildman–Crippen LogP) is 42.6. The second-order valence-corrected chi connectivity index (χ2v) is 30.0. The first kappa shape index (κ1) is 113. The highest BCUT2D eigenvalue weighted by atomic mass is 14.9. The molecule has 0 bridgehead atoms. The van der Waals surface area contributed by atoms with Crippen molar-refractivity contribution >= 4 is 109 Å². The van der Waals surface area contributed by atoms with E-state index in [2.05, 4.69) is 426 Å². The van der Waals surface area contributed by atoms with Crippen LogP contribution in [0.3, 0.4) is 0 Å². The molecule has 4 aliphatic rings. The van der Waals surface area contributed by atoms with Gasteiger partial charge in [0.05, 0.1) is 5.41 Å². The van der Waals surface area contributed by atoms with Crippen LogP contribution < -0.4 is 0 Å². The lowest BCUT2D eigenvalue weighted by atomic mass is 9.70. The minimum absolute atomic E-state index is 0.189. The Morgan fingerprint density at radius 1 is 0.159 bits per heavy atom. The largest absolute Gasteiger partial charge is 0.344 e. The molecule has 0 saturated carbocycles. The summed E-state index contributed by atoms with van der Waals surface area (Å²) in [5.41, 5.74) is 33.9. The number of hydrogen-bond donors (Lipinski definition) is 0. The summed E-state index contributed by atoms with van der Waals surface area (Å²) in [4.78, 5) is 0. The molecule has 4 aliphatic carbocycles. The minimum Gasteiger partial charge on any atom is -0.344 e. The summed E-state index contributed by atoms with van der Waals surface area (Å²) in [6.45, 7) is 62.6. The maximum atomic E-state index is 2.33. The minimum atomic E-state index is -0.189. The maximum absolute atomic E-state index is 2.33. The van der Waals surface area contributed by atoms with E-state index >= 15 is 0 Å². The van der Waals surface area contributed by atoms with Crippen molar-refractivity contribution < 1.29 is 0 Å². The van der Waals surface area contributed by atoms with Crippen LogP contribution in [0.15, 0.2) is 370 Å². The van der Waals surface area contributed by atoms with Gasteiger partial charge in [-0.3, -0.25) is 0 Å². The SMILES string of the molecule is CC.CC.CC.CC.CC.CC.CC.CC.CC.CC.CC.CC.CC.CC.Cc1cc2c3c(cccc3c1)-c1ccccc1-2.Cc1ccc2c3c(cccc13)-c1ccccc1-2.Cc1cccc2c1-c1ccccc1C21c2ccccc2-c2ccccc21.Cn1c2ccccc2c2c3ccccc3ccc21.Cn1c2ccccc2c2cc3ccccc3cc21.Cn1c2ccccc2c2ccccc21. The van der Waals surface area contributed by atoms with Gasteiger partial charge >= 0.3 is 0 Å². The second kappa shape index (κ2) is 57.4. The third-order valence-corrected chi connectivity index (χ3v) is 24.0. The molecule has 0 saturated heterocycles. The Hall–Kier alpha value is -13.6. The van der Waals surface area contributed by atoms with Crippen molar-refractivity contribution in [1.82, 2.24) is 13.7 Å². The van der Waals surface area contributed by atoms with Crippen LogP contribution in [-0.2, 0) is 26.6 Å². The molecule has 3 aromatic heterocycles. The van der Waals surface area contributed by atoms with Crippen LogP contribution in [-0.4, -0.2) is 13.7 Å². The second-order valence-electron chi connectivity index (χ2n) is 30.0. The Morgan fingerprint density at radius 3 is 0.957 bits per heavy atom. The smallest absolute Gasteiger partial charge is 0.0725 e. The van der Waals surface area contributed by atoms with Crippen molar-refractivity contribution in [3.8, 4) is 66.8 Å². The first-order valence-corrected chi connectivity index (χ1v) is 52.4. The van der Waals surface area contributed by atoms with Gasteiger partial charge in [-0.05, 0) is 212 Å². The van der Waals surface area contributed by atoms with Gasteiger partial charge in [0.15, 0.2) is 0 Å². The van der Waals surface area contributed by atoms with Crippen LogP contribution >= 0.6 is 0 Å². The van der Waals surface area contributed by atoms with E-state index in [0.717, 1.165) is 0 Å². The summed E-state index contributed by atoms with van der Waals surface area (Å²) >= 11 is 0. The topological polar surface area (TPSA) is 14.8 Å². The van der Waals surface area contributed by atoms with E-state index in [1.54, 1.807) is 0 Å². The van der Waals surface area contributed by atoms with E-state index in [-0.39, 0.29) is 5.41 Å². The molecular weight excluding hydrogens is 1660 g/mol. The van der Waals surface area contributed by atoms with Gasteiger partial charge in [0, 0.05) is 86.6 Å². The van der Waals surface area contributed by atoms with Crippen molar-refractivity contribution in [2.45, 2.75) is 220 Å². The first-order valence-electron chi connectivity index (χ1n) is 52.4. The summed E-state index contributed by atoms with van der Waals surface area (Å²) in [5.74, 6) is 0. The molecule has 1 spiro atoms. The van der Waals surface area contributed by atoms with Gasteiger partial charge in [-0.15, -0.1) is 0 Å². The number of para-hydroxylation sites is 4. The molecule has 138 heavy (non-hydrogen) atoms. The number of benzene rings is 18. The zero-order chi connectivity index (χ0) is 102. The van der Waals surface area contributed by atoms with E-state index in [9.17, 15) is 0 Å². The zero-order valence-corrected chi connectivity index (χ0v) is 90.6. The van der Waals surface area contributed by atoms with Crippen molar-refractivity contribution in [2.24, 2.45) is 21.1 Å². The van der Waals surface area contributed by atoms with Gasteiger partial charge in [-0.2, -0.15) is 0 Å². The average Bonchev–Trinajstić information content (AvgIpc) is 1.50. The molecule has 18 aromatic carbocycles. The molecule has 3 heteroatoms. The van der Waals surface area contributed by atoms with Crippen LogP contribution in [0, 0.1) is 20.8 Å². The van der Waals surface area contributed by atoms with Crippen LogP contribution in [0.5, 0.6) is 0 Å². The normalized spacial score (nSPS) is 10.4. The van der Waals surface area contributed by atoms with E-state index in [0.29, 0.717) is 0 Å². The van der Waals surface area contributed by atoms with Gasteiger partial charge in [-0.1, -0.05) is 521 Å². The Morgan fingerprint density at radius 2 is 0.471 bits per heavy atom. The van der Waals surface area contributed by atoms with Crippen LogP contribution in [0.4, 0.5) is 0 Å². The summed E-state index contributed by atoms with van der Waals surface area (Å²) in [7, 11) is 6.39. The molecule has 21 aromatic rings. The van der Waals surface area contributed by atoms with Crippen LogP contribution in [0.2, 0.25) is 0 Å². The lowest BCUT2D eigenvalue weighted by Crippen LogP contribution is -2.25. The Balaban J connectivity index is 0.000000243. The summed E-state index contributed by atoms with van der Waals surface area (Å²) in [5, 5.41) is 18.9. The fourth-order valence-corrected chi connectivity index (χ4v) is 19.1. The molecule has 0 N–H and O–H groups in total. The maximum Gasteiger partial charge on any atom is 0.0725 e. The average molecular weight is 1830 g/mol. The number of fused-ring (bicyclic) bond motifs is 28. The quantitative estimate of drug-likeness (QED) is 0.144. The standard InChI is InChI=1S/C26H18.2C17H13N.2C17H12.C13H11N.14C2H6/c1-17-9-8-16-24-25(17)20-12-4-7-15-23(20)26(24)21-13-5-2-10-18(21)19-11-3-6-14-22(19)26;1-18-16-9-5-4-8-14(16)15-10-12-6-2-3-7-13(12)11-17(15)18;1-18-15-9-5-4-8-14(15)17-13-7-3-2-6-12(13)10-11-16(17)18;1-11-9-12-5-4-8-15-13-6-2-3-7-14(13)16(10-11)17(12)15;1-11-9-10-16-14-6-3-2-5-13(14)15-8-4-7-12(11)17(15)16;1-14-12-8-4-2-6-10(12)11-7-3-5-9-13(11)14;14*1-2/h2-16H,1H3;2*2-11H,1H3;2*2-10H,1H3;2-9H,1H3;14*1-2H3. The summed E-state index contributed by atoms with van der Waals surface area (Å²) < 4.78 is 6.79. The molecule has 0 unspecified atom stereocenters. The molecule has 25 rings (SSSR count). The van der Waals surface area contributed by atoms with Crippen LogP contribution in [0.1, 0.15) is 233 Å². The molecular formula is C135H163N3. The molecule has 0 fully saturated rings. The predicted molar refractivity (Wildman–Crippen MR) is 629 cm³/mol. The first-order chi connectivity index (χ1) is 68.1. The summed E-state index contributed by atoms with van der Waals surface area (Å²) in [6, 6.07) is 134. The highest BCUT2D eigenvalue weighted by molar-refractivity contribution is 6.21. The molecule has 3 heterocycles. The van der Waals surface area contributed by atoms with Crippen molar-refractivity contribution in [1.29, 1.82) is 0 Å². The summed E-state index contributed by atoms with van der Waals surface area (Å²) in [6.07, 6.45) is 0. The number of aryl methyl sites for hydroxylation is 6. The highest BCUT2D eigenvalue weighted by Crippen LogP contribution is 2.63. The lowest BCUT2D eigenvalue weighted by molar-refractivity contribution is 0.793. The van der Waals surface area contributed by atoms with E-state index in [4.69, 9.17) is 0 Å². The Bertz CT molecular complexity index is 7170.